The molecule has 0 aliphatic heterocycles. The zero-order chi connectivity index (χ0) is 13.6. The zero-order valence-corrected chi connectivity index (χ0v) is 10.6. The standard InChI is InChI=1S/C12H21F2NO3/c1-2-12(11(16)17,15-9-4-5-9)6-3-7-18-8-10(13)14/h9-10,15H,2-8H2,1H3,(H,16,17). The number of hydrogen-bond acceptors (Lipinski definition) is 3. The number of halogens is 2. The Morgan fingerprint density at radius 1 is 1.56 bits per heavy atom. The Kier molecular flexibility index (Phi) is 5.95. The lowest BCUT2D eigenvalue weighted by Gasteiger charge is -2.29. The number of nitrogens with one attached hydrogen (secondary N) is 1. The maximum Gasteiger partial charge on any atom is 0.323 e. The molecule has 0 saturated heterocycles. The fraction of sp³-hybridized carbons (Fsp3) is 0.917. The third kappa shape index (κ3) is 4.86. The van der Waals surface area contributed by atoms with Gasteiger partial charge in [-0.2, -0.15) is 0 Å². The molecule has 1 saturated carbocycles. The average Bonchev–Trinajstić information content (AvgIpc) is 3.10. The van der Waals surface area contributed by atoms with Crippen LogP contribution in [0.15, 0.2) is 0 Å². The van der Waals surface area contributed by atoms with Crippen molar-refractivity contribution >= 4 is 5.97 Å². The summed E-state index contributed by atoms with van der Waals surface area (Å²) in [5.74, 6) is -0.870. The van der Waals surface area contributed by atoms with Gasteiger partial charge in [0.1, 0.15) is 12.1 Å². The van der Waals surface area contributed by atoms with Crippen LogP contribution in [0, 0.1) is 0 Å². The van der Waals surface area contributed by atoms with Gasteiger partial charge in [-0.05, 0) is 32.1 Å². The topological polar surface area (TPSA) is 58.6 Å². The summed E-state index contributed by atoms with van der Waals surface area (Å²) in [6.07, 6.45) is 0.900. The molecule has 2 N–H and O–H groups in total. The summed E-state index contributed by atoms with van der Waals surface area (Å²) in [6.45, 7) is 1.41. The summed E-state index contributed by atoms with van der Waals surface area (Å²) in [6, 6.07) is 0.294. The first kappa shape index (κ1) is 15.3. The monoisotopic (exact) mass is 265 g/mol. The van der Waals surface area contributed by atoms with Crippen molar-refractivity contribution in [2.24, 2.45) is 0 Å². The van der Waals surface area contributed by atoms with E-state index in [1.807, 2.05) is 6.92 Å². The fourth-order valence-electron chi connectivity index (χ4n) is 1.94. The maximum absolute atomic E-state index is 11.8. The number of hydrogen-bond donors (Lipinski definition) is 2. The second kappa shape index (κ2) is 6.99. The summed E-state index contributed by atoms with van der Waals surface area (Å²) < 4.78 is 28.4. The Hall–Kier alpha value is -0.750. The van der Waals surface area contributed by atoms with Crippen LogP contribution >= 0.6 is 0 Å². The molecule has 0 spiro atoms. The highest BCUT2D eigenvalue weighted by atomic mass is 19.3. The van der Waals surface area contributed by atoms with E-state index in [2.05, 4.69) is 5.32 Å². The Morgan fingerprint density at radius 2 is 2.22 bits per heavy atom. The quantitative estimate of drug-likeness (QED) is 0.593. The van der Waals surface area contributed by atoms with Crippen molar-refractivity contribution in [1.29, 1.82) is 0 Å². The summed E-state index contributed by atoms with van der Waals surface area (Å²) in [4.78, 5) is 11.4. The summed E-state index contributed by atoms with van der Waals surface area (Å²) in [5.41, 5.74) is -0.935. The third-order valence-electron chi connectivity index (χ3n) is 3.21. The van der Waals surface area contributed by atoms with Crippen molar-refractivity contribution in [3.8, 4) is 0 Å². The highest BCUT2D eigenvalue weighted by molar-refractivity contribution is 5.78. The SMILES string of the molecule is CCC(CCCOCC(F)F)(NC1CC1)C(=O)O. The molecule has 1 fully saturated rings. The minimum Gasteiger partial charge on any atom is -0.480 e. The van der Waals surface area contributed by atoms with Crippen LogP contribution in [0.25, 0.3) is 0 Å². The van der Waals surface area contributed by atoms with E-state index in [-0.39, 0.29) is 6.61 Å². The van der Waals surface area contributed by atoms with Crippen LogP contribution in [-0.2, 0) is 9.53 Å². The van der Waals surface area contributed by atoms with Crippen molar-refractivity contribution in [1.82, 2.24) is 5.32 Å². The van der Waals surface area contributed by atoms with Crippen molar-refractivity contribution in [2.75, 3.05) is 13.2 Å². The zero-order valence-electron chi connectivity index (χ0n) is 10.6. The van der Waals surface area contributed by atoms with E-state index in [0.717, 1.165) is 12.8 Å². The number of carbonyl (C=O) groups is 1. The molecular weight excluding hydrogens is 244 g/mol. The molecule has 1 rings (SSSR count). The van der Waals surface area contributed by atoms with Gasteiger partial charge < -0.3 is 9.84 Å². The van der Waals surface area contributed by atoms with Crippen molar-refractivity contribution in [3.05, 3.63) is 0 Å². The summed E-state index contributed by atoms with van der Waals surface area (Å²) >= 11 is 0. The lowest BCUT2D eigenvalue weighted by atomic mass is 9.90. The molecule has 0 radical (unpaired) electrons. The largest absolute Gasteiger partial charge is 0.480 e. The van der Waals surface area contributed by atoms with E-state index in [9.17, 15) is 18.7 Å². The molecule has 0 bridgehead atoms. The van der Waals surface area contributed by atoms with Crippen LogP contribution < -0.4 is 5.32 Å². The van der Waals surface area contributed by atoms with Gasteiger partial charge in [-0.15, -0.1) is 0 Å². The Labute approximate surface area is 106 Å². The van der Waals surface area contributed by atoms with E-state index in [4.69, 9.17) is 4.74 Å². The maximum atomic E-state index is 11.8. The Bertz CT molecular complexity index is 272. The summed E-state index contributed by atoms with van der Waals surface area (Å²) in [5, 5.41) is 12.5. The van der Waals surface area contributed by atoms with Crippen molar-refractivity contribution < 1.29 is 23.4 Å². The average molecular weight is 265 g/mol. The smallest absolute Gasteiger partial charge is 0.323 e. The van der Waals surface area contributed by atoms with Gasteiger partial charge in [0.2, 0.25) is 0 Å². The molecule has 1 aliphatic rings. The van der Waals surface area contributed by atoms with Crippen LogP contribution in [-0.4, -0.2) is 42.3 Å². The normalized spacial score (nSPS) is 18.9. The van der Waals surface area contributed by atoms with Crippen LogP contribution in [0.3, 0.4) is 0 Å². The van der Waals surface area contributed by atoms with Gasteiger partial charge in [0, 0.05) is 12.6 Å². The molecule has 0 heterocycles. The van der Waals surface area contributed by atoms with Gasteiger partial charge in [-0.25, -0.2) is 8.78 Å². The number of alkyl halides is 2. The molecule has 6 heteroatoms. The molecule has 0 aromatic heterocycles. The number of aliphatic carboxylic acids is 1. The minimum atomic E-state index is -2.47. The molecule has 0 aromatic rings. The lowest BCUT2D eigenvalue weighted by Crippen LogP contribution is -2.52. The molecule has 1 atom stereocenters. The van der Waals surface area contributed by atoms with Crippen LogP contribution in [0.2, 0.25) is 0 Å². The Balaban J connectivity index is 2.33. The fourth-order valence-corrected chi connectivity index (χ4v) is 1.94. The summed E-state index contributed by atoms with van der Waals surface area (Å²) in [7, 11) is 0. The second-order valence-electron chi connectivity index (χ2n) is 4.73. The van der Waals surface area contributed by atoms with Crippen molar-refractivity contribution in [3.63, 3.8) is 0 Å². The van der Waals surface area contributed by atoms with Gasteiger partial charge in [0.15, 0.2) is 0 Å². The third-order valence-corrected chi connectivity index (χ3v) is 3.21. The van der Waals surface area contributed by atoms with Crippen LogP contribution in [0.5, 0.6) is 0 Å². The number of carboxylic acid groups (broad SMARTS) is 1. The first-order valence-corrected chi connectivity index (χ1v) is 6.37. The number of ether oxygens (including phenoxy) is 1. The Morgan fingerprint density at radius 3 is 2.67 bits per heavy atom. The van der Waals surface area contributed by atoms with Crippen LogP contribution in [0.4, 0.5) is 8.78 Å². The van der Waals surface area contributed by atoms with Crippen LogP contribution in [0.1, 0.15) is 39.0 Å². The molecule has 4 nitrogen and oxygen atoms in total. The predicted molar refractivity (Wildman–Crippen MR) is 62.9 cm³/mol. The van der Waals surface area contributed by atoms with Gasteiger partial charge in [-0.1, -0.05) is 6.92 Å². The minimum absolute atomic E-state index is 0.172. The molecular formula is C12H21F2NO3. The molecule has 0 aromatic carbocycles. The number of rotatable bonds is 10. The second-order valence-corrected chi connectivity index (χ2v) is 4.73. The highest BCUT2D eigenvalue weighted by Crippen LogP contribution is 2.27. The van der Waals surface area contributed by atoms with Gasteiger partial charge in [0.25, 0.3) is 6.43 Å². The molecule has 1 aliphatic carbocycles. The molecule has 1 unspecified atom stereocenters. The van der Waals surface area contributed by atoms with E-state index < -0.39 is 24.5 Å². The number of carboxylic acids is 1. The van der Waals surface area contributed by atoms with E-state index in [0.29, 0.717) is 25.3 Å². The van der Waals surface area contributed by atoms with Gasteiger partial charge >= 0.3 is 5.97 Å². The van der Waals surface area contributed by atoms with E-state index in [1.54, 1.807) is 0 Å². The van der Waals surface area contributed by atoms with E-state index in [1.165, 1.54) is 0 Å². The predicted octanol–water partition coefficient (Wildman–Crippen LogP) is 2.03. The highest BCUT2D eigenvalue weighted by Gasteiger charge is 2.40. The molecule has 0 amide bonds. The van der Waals surface area contributed by atoms with Gasteiger partial charge in [-0.3, -0.25) is 10.1 Å². The van der Waals surface area contributed by atoms with Gasteiger partial charge in [0.05, 0.1) is 0 Å². The lowest BCUT2D eigenvalue weighted by molar-refractivity contribution is -0.145. The first-order chi connectivity index (χ1) is 8.50. The van der Waals surface area contributed by atoms with Crippen molar-refractivity contribution in [2.45, 2.75) is 57.0 Å². The molecule has 106 valence electrons. The first-order valence-electron chi connectivity index (χ1n) is 6.37. The van der Waals surface area contributed by atoms with E-state index >= 15 is 0 Å². The molecule has 18 heavy (non-hydrogen) atoms.